The van der Waals surface area contributed by atoms with E-state index in [2.05, 4.69) is 30.8 Å². The van der Waals surface area contributed by atoms with Gasteiger partial charge in [0.05, 0.1) is 6.67 Å². The number of nitrogens with two attached hydrogens (primary N) is 1. The number of aromatic nitrogens is 4. The molecule has 0 bridgehead atoms. The van der Waals surface area contributed by atoms with E-state index in [1.54, 1.807) is 0 Å². The van der Waals surface area contributed by atoms with E-state index >= 15 is 0 Å². The lowest BCUT2D eigenvalue weighted by atomic mass is 10.5. The van der Waals surface area contributed by atoms with Crippen LogP contribution in [0.5, 0.6) is 0 Å². The van der Waals surface area contributed by atoms with Gasteiger partial charge in [-0.1, -0.05) is 0 Å². The molecule has 0 spiro atoms. The molecule has 0 fully saturated rings. The van der Waals surface area contributed by atoms with Gasteiger partial charge in [0, 0.05) is 12.4 Å². The number of nitrogens with one attached hydrogen (secondary N) is 3. The van der Waals surface area contributed by atoms with Crippen molar-refractivity contribution in [2.24, 2.45) is 5.73 Å². The minimum absolute atomic E-state index is 0.204. The average Bonchev–Trinajstić information content (AvgIpc) is 2.26. The summed E-state index contributed by atoms with van der Waals surface area (Å²) in [6.07, 6.45) is 2.90. The van der Waals surface area contributed by atoms with Crippen molar-refractivity contribution in [3.63, 3.8) is 0 Å². The SMILES string of the molecule is NCNNc1nc2nccnc2c(=O)[nH]1. The van der Waals surface area contributed by atoms with Gasteiger partial charge in [-0.15, -0.1) is 0 Å². The Morgan fingerprint density at radius 2 is 2.20 bits per heavy atom. The molecule has 8 heteroatoms. The first-order valence-electron chi connectivity index (χ1n) is 4.21. The first kappa shape index (κ1) is 9.49. The molecule has 0 aromatic carbocycles. The Bertz CT molecular complexity index is 522. The Morgan fingerprint density at radius 1 is 1.40 bits per heavy atom. The second kappa shape index (κ2) is 3.98. The summed E-state index contributed by atoms with van der Waals surface area (Å²) in [5.41, 5.74) is 10.6. The highest BCUT2D eigenvalue weighted by Crippen LogP contribution is 2.00. The highest BCUT2D eigenvalue weighted by atomic mass is 16.1. The molecule has 0 amide bonds. The van der Waals surface area contributed by atoms with Crippen molar-refractivity contribution in [2.45, 2.75) is 0 Å². The number of fused-ring (bicyclic) bond motifs is 1. The standard InChI is InChI=1S/C7H9N7O/c8-3-11-14-7-12-5-4(6(15)13-7)9-1-2-10-5/h1-2,11H,3,8H2,(H2,10,12,13,14,15). The molecule has 0 unspecified atom stereocenters. The van der Waals surface area contributed by atoms with Gasteiger partial charge in [-0.3, -0.25) is 15.2 Å². The number of rotatable bonds is 3. The Labute approximate surface area is 83.9 Å². The zero-order valence-electron chi connectivity index (χ0n) is 7.69. The predicted octanol–water partition coefficient (Wildman–Crippen LogP) is -1.45. The number of H-pyrrole nitrogens is 1. The summed E-state index contributed by atoms with van der Waals surface area (Å²) >= 11 is 0. The fourth-order valence-electron chi connectivity index (χ4n) is 1.07. The smallest absolute Gasteiger partial charge is 0.280 e. The first-order chi connectivity index (χ1) is 7.31. The van der Waals surface area contributed by atoms with Gasteiger partial charge in [0.25, 0.3) is 5.56 Å². The molecule has 2 aromatic heterocycles. The summed E-state index contributed by atoms with van der Waals surface area (Å²) in [6, 6.07) is 0. The first-order valence-corrected chi connectivity index (χ1v) is 4.21. The summed E-state index contributed by atoms with van der Waals surface area (Å²) in [6.45, 7) is 0.211. The Balaban J connectivity index is 2.48. The summed E-state index contributed by atoms with van der Waals surface area (Å²) in [4.78, 5) is 25.7. The average molecular weight is 207 g/mol. The molecule has 2 heterocycles. The van der Waals surface area contributed by atoms with E-state index in [0.29, 0.717) is 0 Å². The minimum atomic E-state index is -0.352. The molecule has 0 aliphatic rings. The Kier molecular flexibility index (Phi) is 2.52. The van der Waals surface area contributed by atoms with Crippen molar-refractivity contribution >= 4 is 17.1 Å². The lowest BCUT2D eigenvalue weighted by Crippen LogP contribution is -2.30. The number of aromatic amines is 1. The van der Waals surface area contributed by atoms with Crippen LogP contribution in [0, 0.1) is 0 Å². The van der Waals surface area contributed by atoms with E-state index in [1.807, 2.05) is 0 Å². The third-order valence-electron chi connectivity index (χ3n) is 1.65. The topological polar surface area (TPSA) is 122 Å². The normalized spacial score (nSPS) is 10.5. The van der Waals surface area contributed by atoms with Crippen LogP contribution in [-0.2, 0) is 0 Å². The summed E-state index contributed by atoms with van der Waals surface area (Å²) in [5.74, 6) is 0.249. The molecule has 0 aliphatic carbocycles. The maximum atomic E-state index is 11.5. The minimum Gasteiger partial charge on any atom is -0.317 e. The van der Waals surface area contributed by atoms with Gasteiger partial charge in [-0.25, -0.2) is 15.4 Å². The van der Waals surface area contributed by atoms with Crippen molar-refractivity contribution in [3.8, 4) is 0 Å². The van der Waals surface area contributed by atoms with Crippen molar-refractivity contribution < 1.29 is 0 Å². The number of hydrazine groups is 1. The number of hydrogen-bond donors (Lipinski definition) is 4. The third kappa shape index (κ3) is 1.90. The van der Waals surface area contributed by atoms with Gasteiger partial charge in [0.15, 0.2) is 11.2 Å². The number of hydrogen-bond acceptors (Lipinski definition) is 7. The second-order valence-corrected chi connectivity index (χ2v) is 2.65. The third-order valence-corrected chi connectivity index (χ3v) is 1.65. The van der Waals surface area contributed by atoms with Crippen LogP contribution in [0.25, 0.3) is 11.2 Å². The molecule has 0 saturated carbocycles. The highest BCUT2D eigenvalue weighted by molar-refractivity contribution is 5.68. The predicted molar refractivity (Wildman–Crippen MR) is 53.8 cm³/mol. The maximum absolute atomic E-state index is 11.5. The molecule has 2 aromatic rings. The number of anilines is 1. The molecular weight excluding hydrogens is 198 g/mol. The van der Waals surface area contributed by atoms with Crippen molar-refractivity contribution in [2.75, 3.05) is 12.1 Å². The highest BCUT2D eigenvalue weighted by Gasteiger charge is 2.03. The van der Waals surface area contributed by atoms with Crippen molar-refractivity contribution in [1.82, 2.24) is 25.4 Å². The second-order valence-electron chi connectivity index (χ2n) is 2.65. The van der Waals surface area contributed by atoms with Gasteiger partial charge in [-0.05, 0) is 0 Å². The summed E-state index contributed by atoms with van der Waals surface area (Å²) in [5, 5.41) is 0. The Morgan fingerprint density at radius 3 is 3.00 bits per heavy atom. The van der Waals surface area contributed by atoms with Crippen LogP contribution < -0.4 is 22.1 Å². The number of nitrogens with zero attached hydrogens (tertiary/aromatic N) is 3. The fourth-order valence-corrected chi connectivity index (χ4v) is 1.07. The lowest BCUT2D eigenvalue weighted by Gasteiger charge is -2.04. The maximum Gasteiger partial charge on any atom is 0.280 e. The molecule has 5 N–H and O–H groups in total. The summed E-state index contributed by atoms with van der Waals surface area (Å²) < 4.78 is 0. The monoisotopic (exact) mass is 207 g/mol. The van der Waals surface area contributed by atoms with E-state index in [4.69, 9.17) is 5.73 Å². The van der Waals surface area contributed by atoms with Crippen molar-refractivity contribution in [1.29, 1.82) is 0 Å². The van der Waals surface area contributed by atoms with Crippen LogP contribution in [0.3, 0.4) is 0 Å². The zero-order valence-corrected chi connectivity index (χ0v) is 7.69. The molecule has 15 heavy (non-hydrogen) atoms. The van der Waals surface area contributed by atoms with Crippen LogP contribution in [0.4, 0.5) is 5.95 Å². The van der Waals surface area contributed by atoms with Crippen LogP contribution in [0.1, 0.15) is 0 Å². The molecule has 0 saturated heterocycles. The largest absolute Gasteiger partial charge is 0.317 e. The van der Waals surface area contributed by atoms with Gasteiger partial charge in [-0.2, -0.15) is 4.98 Å². The van der Waals surface area contributed by atoms with Crippen LogP contribution in [0.15, 0.2) is 17.2 Å². The molecule has 78 valence electrons. The zero-order chi connectivity index (χ0) is 10.7. The molecule has 0 radical (unpaired) electrons. The molecule has 2 rings (SSSR count). The van der Waals surface area contributed by atoms with E-state index < -0.39 is 0 Å². The van der Waals surface area contributed by atoms with Crippen LogP contribution >= 0.6 is 0 Å². The summed E-state index contributed by atoms with van der Waals surface area (Å²) in [7, 11) is 0. The van der Waals surface area contributed by atoms with Gasteiger partial charge >= 0.3 is 0 Å². The Hall–Kier alpha value is -2.06. The van der Waals surface area contributed by atoms with Gasteiger partial charge in [0.1, 0.15) is 0 Å². The molecule has 8 nitrogen and oxygen atoms in total. The van der Waals surface area contributed by atoms with Gasteiger partial charge in [0.2, 0.25) is 5.95 Å². The molecule has 0 aliphatic heterocycles. The lowest BCUT2D eigenvalue weighted by molar-refractivity contribution is 0.800. The van der Waals surface area contributed by atoms with E-state index in [1.165, 1.54) is 12.4 Å². The molecular formula is C7H9N7O. The van der Waals surface area contributed by atoms with E-state index in [9.17, 15) is 4.79 Å². The van der Waals surface area contributed by atoms with Gasteiger partial charge < -0.3 is 5.73 Å². The van der Waals surface area contributed by atoms with E-state index in [0.717, 1.165) is 0 Å². The van der Waals surface area contributed by atoms with E-state index in [-0.39, 0.29) is 29.3 Å². The van der Waals surface area contributed by atoms with Crippen molar-refractivity contribution in [3.05, 3.63) is 22.7 Å². The van der Waals surface area contributed by atoms with Crippen LogP contribution in [-0.4, -0.2) is 26.6 Å². The van der Waals surface area contributed by atoms with Crippen LogP contribution in [0.2, 0.25) is 0 Å². The fraction of sp³-hybridized carbons (Fsp3) is 0.143. The molecule has 0 atom stereocenters. The quantitative estimate of drug-likeness (QED) is 0.358.